The fraction of sp³-hybridized carbons (Fsp3) is 0.375. The molecule has 0 fully saturated rings. The van der Waals surface area contributed by atoms with E-state index in [1.54, 1.807) is 17.9 Å². The van der Waals surface area contributed by atoms with E-state index in [4.69, 9.17) is 0 Å². The SMILES string of the molecule is CN=C(NCc1cnn(C)c1)NCc1cc(F)ccc1CS(C)(=O)=O. The molecule has 2 N–H and O–H groups in total. The third kappa shape index (κ3) is 6.18. The van der Waals surface area contributed by atoms with Crippen molar-refractivity contribution in [2.75, 3.05) is 13.3 Å². The zero-order valence-electron chi connectivity index (χ0n) is 14.5. The minimum atomic E-state index is -3.21. The molecular weight excluding hydrogens is 345 g/mol. The molecular formula is C16H22FN5O2S. The number of nitrogens with zero attached hydrogens (tertiary/aromatic N) is 3. The lowest BCUT2D eigenvalue weighted by atomic mass is 10.1. The van der Waals surface area contributed by atoms with Crippen LogP contribution in [-0.2, 0) is 35.7 Å². The van der Waals surface area contributed by atoms with Crippen molar-refractivity contribution in [1.29, 1.82) is 0 Å². The highest BCUT2D eigenvalue weighted by atomic mass is 32.2. The standard InChI is InChI=1S/C16H22FN5O2S/c1-18-16(19-7-12-8-21-22(2)10-12)20-9-14-6-15(17)5-4-13(14)11-25(3,23)24/h4-6,8,10H,7,9,11H2,1-3H3,(H2,18,19,20). The summed E-state index contributed by atoms with van der Waals surface area (Å²) in [5.41, 5.74) is 2.14. The van der Waals surface area contributed by atoms with Gasteiger partial charge in [0.05, 0.1) is 11.9 Å². The predicted molar refractivity (Wildman–Crippen MR) is 95.2 cm³/mol. The number of hydrogen-bond donors (Lipinski definition) is 2. The van der Waals surface area contributed by atoms with Gasteiger partial charge in [-0.2, -0.15) is 5.10 Å². The number of aryl methyl sites for hydroxylation is 1. The number of guanidine groups is 1. The molecule has 136 valence electrons. The van der Waals surface area contributed by atoms with Gasteiger partial charge < -0.3 is 10.6 Å². The Kier molecular flexibility index (Phi) is 6.13. The molecule has 0 unspecified atom stereocenters. The summed E-state index contributed by atoms with van der Waals surface area (Å²) in [6.07, 6.45) is 4.79. The maximum absolute atomic E-state index is 13.5. The number of rotatable bonds is 6. The van der Waals surface area contributed by atoms with Gasteiger partial charge in [-0.05, 0) is 23.3 Å². The lowest BCUT2D eigenvalue weighted by Gasteiger charge is -2.14. The largest absolute Gasteiger partial charge is 0.352 e. The Balaban J connectivity index is 2.02. The second-order valence-corrected chi connectivity index (χ2v) is 7.92. The van der Waals surface area contributed by atoms with E-state index in [0.717, 1.165) is 11.8 Å². The quantitative estimate of drug-likeness (QED) is 0.587. The Morgan fingerprint density at radius 3 is 2.60 bits per heavy atom. The van der Waals surface area contributed by atoms with Crippen LogP contribution >= 0.6 is 0 Å². The van der Waals surface area contributed by atoms with Gasteiger partial charge in [-0.3, -0.25) is 9.67 Å². The smallest absolute Gasteiger partial charge is 0.191 e. The number of aliphatic imine (C=N–C) groups is 1. The summed E-state index contributed by atoms with van der Waals surface area (Å²) in [5.74, 6) is -0.0165. The lowest BCUT2D eigenvalue weighted by molar-refractivity contribution is 0.599. The summed E-state index contributed by atoms with van der Waals surface area (Å²) in [7, 11) is 0.258. The fourth-order valence-electron chi connectivity index (χ4n) is 2.33. The molecule has 1 aromatic carbocycles. The number of hydrogen-bond acceptors (Lipinski definition) is 4. The first kappa shape index (κ1) is 18.9. The maximum Gasteiger partial charge on any atom is 0.191 e. The van der Waals surface area contributed by atoms with E-state index in [2.05, 4.69) is 20.7 Å². The molecule has 0 saturated heterocycles. The van der Waals surface area contributed by atoms with Gasteiger partial charge in [0.15, 0.2) is 15.8 Å². The Hall–Kier alpha value is -2.42. The molecule has 1 aromatic heterocycles. The highest BCUT2D eigenvalue weighted by Crippen LogP contribution is 2.14. The molecule has 0 atom stereocenters. The van der Waals surface area contributed by atoms with Crippen LogP contribution in [-0.4, -0.2) is 37.5 Å². The molecule has 0 bridgehead atoms. The second-order valence-electron chi connectivity index (χ2n) is 5.78. The van der Waals surface area contributed by atoms with E-state index in [-0.39, 0.29) is 12.3 Å². The Morgan fingerprint density at radius 2 is 2.00 bits per heavy atom. The highest BCUT2D eigenvalue weighted by Gasteiger charge is 2.11. The third-order valence-corrected chi connectivity index (χ3v) is 4.31. The molecule has 2 aromatic rings. The van der Waals surface area contributed by atoms with E-state index in [0.29, 0.717) is 23.6 Å². The fourth-order valence-corrected chi connectivity index (χ4v) is 3.18. The molecule has 0 aliphatic heterocycles. The molecule has 0 radical (unpaired) electrons. The van der Waals surface area contributed by atoms with E-state index in [1.165, 1.54) is 18.2 Å². The average molecular weight is 367 g/mol. The van der Waals surface area contributed by atoms with Crippen LogP contribution in [0.4, 0.5) is 4.39 Å². The van der Waals surface area contributed by atoms with Crippen molar-refractivity contribution < 1.29 is 12.8 Å². The van der Waals surface area contributed by atoms with Crippen molar-refractivity contribution >= 4 is 15.8 Å². The topological polar surface area (TPSA) is 88.4 Å². The van der Waals surface area contributed by atoms with Crippen molar-refractivity contribution in [3.8, 4) is 0 Å². The van der Waals surface area contributed by atoms with Crippen molar-refractivity contribution in [3.05, 3.63) is 53.1 Å². The molecule has 0 saturated carbocycles. The molecule has 2 rings (SSSR count). The summed E-state index contributed by atoms with van der Waals surface area (Å²) in [6.45, 7) is 0.794. The molecule has 0 amide bonds. The van der Waals surface area contributed by atoms with Gasteiger partial charge >= 0.3 is 0 Å². The summed E-state index contributed by atoms with van der Waals surface area (Å²) in [4.78, 5) is 4.11. The van der Waals surface area contributed by atoms with Crippen molar-refractivity contribution in [2.24, 2.45) is 12.0 Å². The van der Waals surface area contributed by atoms with Crippen LogP contribution < -0.4 is 10.6 Å². The van der Waals surface area contributed by atoms with Gasteiger partial charge in [-0.15, -0.1) is 0 Å². The minimum Gasteiger partial charge on any atom is -0.352 e. The zero-order valence-corrected chi connectivity index (χ0v) is 15.3. The number of nitrogens with one attached hydrogen (secondary N) is 2. The summed E-state index contributed by atoms with van der Waals surface area (Å²) >= 11 is 0. The Bertz CT molecular complexity index is 861. The molecule has 25 heavy (non-hydrogen) atoms. The van der Waals surface area contributed by atoms with E-state index in [1.807, 2.05) is 13.2 Å². The monoisotopic (exact) mass is 367 g/mol. The lowest BCUT2D eigenvalue weighted by Crippen LogP contribution is -2.36. The van der Waals surface area contributed by atoms with Crippen LogP contribution in [0.1, 0.15) is 16.7 Å². The Morgan fingerprint density at radius 1 is 1.28 bits per heavy atom. The zero-order chi connectivity index (χ0) is 18.4. The van der Waals surface area contributed by atoms with Crippen LogP contribution in [0.5, 0.6) is 0 Å². The van der Waals surface area contributed by atoms with E-state index in [9.17, 15) is 12.8 Å². The van der Waals surface area contributed by atoms with Gasteiger partial charge in [0, 0.05) is 45.2 Å². The molecule has 9 heteroatoms. The predicted octanol–water partition coefficient (Wildman–Crippen LogP) is 0.969. The summed E-state index contributed by atoms with van der Waals surface area (Å²) in [6, 6.07) is 4.10. The van der Waals surface area contributed by atoms with Gasteiger partial charge in [-0.1, -0.05) is 6.07 Å². The molecule has 1 heterocycles. The number of benzene rings is 1. The van der Waals surface area contributed by atoms with Crippen molar-refractivity contribution in [2.45, 2.75) is 18.8 Å². The second kappa shape index (κ2) is 8.11. The number of halogens is 1. The summed E-state index contributed by atoms with van der Waals surface area (Å²) in [5, 5.41) is 10.3. The number of sulfone groups is 1. The highest BCUT2D eigenvalue weighted by molar-refractivity contribution is 7.89. The van der Waals surface area contributed by atoms with Crippen LogP contribution in [0.15, 0.2) is 35.6 Å². The van der Waals surface area contributed by atoms with Gasteiger partial charge in [-0.25, -0.2) is 12.8 Å². The van der Waals surface area contributed by atoms with E-state index >= 15 is 0 Å². The van der Waals surface area contributed by atoms with Crippen LogP contribution in [0.2, 0.25) is 0 Å². The Labute approximate surface area is 146 Å². The van der Waals surface area contributed by atoms with Gasteiger partial charge in [0.2, 0.25) is 0 Å². The van der Waals surface area contributed by atoms with Crippen LogP contribution in [0.3, 0.4) is 0 Å². The van der Waals surface area contributed by atoms with Crippen LogP contribution in [0.25, 0.3) is 0 Å². The first-order valence-corrected chi connectivity index (χ1v) is 9.70. The summed E-state index contributed by atoms with van der Waals surface area (Å²) < 4.78 is 38.3. The average Bonchev–Trinajstić information content (AvgIpc) is 2.94. The normalized spacial score (nSPS) is 12.2. The first-order chi connectivity index (χ1) is 11.8. The maximum atomic E-state index is 13.5. The van der Waals surface area contributed by atoms with E-state index < -0.39 is 15.7 Å². The van der Waals surface area contributed by atoms with Crippen LogP contribution in [0, 0.1) is 5.82 Å². The molecule has 0 spiro atoms. The molecule has 0 aliphatic rings. The molecule has 0 aliphatic carbocycles. The van der Waals surface area contributed by atoms with Crippen molar-refractivity contribution in [1.82, 2.24) is 20.4 Å². The minimum absolute atomic E-state index is 0.133. The number of aromatic nitrogens is 2. The van der Waals surface area contributed by atoms with Gasteiger partial charge in [0.1, 0.15) is 5.82 Å². The molecule has 7 nitrogen and oxygen atoms in total. The van der Waals surface area contributed by atoms with Crippen molar-refractivity contribution in [3.63, 3.8) is 0 Å². The third-order valence-electron chi connectivity index (χ3n) is 3.47. The first-order valence-electron chi connectivity index (χ1n) is 7.64. The van der Waals surface area contributed by atoms with Gasteiger partial charge in [0.25, 0.3) is 0 Å².